The van der Waals surface area contributed by atoms with Gasteiger partial charge in [-0.3, -0.25) is 9.69 Å². The summed E-state index contributed by atoms with van der Waals surface area (Å²) in [6, 6.07) is 9.44. The molecule has 0 saturated heterocycles. The number of hydrogen-bond acceptors (Lipinski definition) is 4. The maximum Gasteiger partial charge on any atom is 0.251 e. The first kappa shape index (κ1) is 19.8. The van der Waals surface area contributed by atoms with Crippen molar-refractivity contribution in [2.24, 2.45) is 7.05 Å². The number of carbonyl (C=O) groups excluding carboxylic acids is 1. The highest BCUT2D eigenvalue weighted by atomic mass is 16.5. The van der Waals surface area contributed by atoms with Gasteiger partial charge >= 0.3 is 0 Å². The zero-order valence-electron chi connectivity index (χ0n) is 16.3. The van der Waals surface area contributed by atoms with E-state index in [0.29, 0.717) is 36.8 Å². The van der Waals surface area contributed by atoms with E-state index in [1.165, 1.54) is 0 Å². The molecule has 1 atom stereocenters. The molecule has 26 heavy (non-hydrogen) atoms. The Morgan fingerprint density at radius 1 is 1.15 bits per heavy atom. The zero-order chi connectivity index (χ0) is 19.1. The SMILES string of the molecule is CCOc1ccc(C(=O)NCC(c2cccn2C)N(C)C)cc1OCC. The number of nitrogens with one attached hydrogen (secondary N) is 1. The highest BCUT2D eigenvalue weighted by Crippen LogP contribution is 2.28. The van der Waals surface area contributed by atoms with E-state index < -0.39 is 0 Å². The van der Waals surface area contributed by atoms with Gasteiger partial charge in [-0.1, -0.05) is 0 Å². The zero-order valence-corrected chi connectivity index (χ0v) is 16.3. The predicted molar refractivity (Wildman–Crippen MR) is 103 cm³/mol. The number of likely N-dealkylation sites (N-methyl/N-ethyl adjacent to an activating group) is 1. The van der Waals surface area contributed by atoms with E-state index in [0.717, 1.165) is 5.69 Å². The predicted octanol–water partition coefficient (Wildman–Crippen LogP) is 2.86. The van der Waals surface area contributed by atoms with E-state index in [-0.39, 0.29) is 11.9 Å². The molecule has 0 aliphatic rings. The summed E-state index contributed by atoms with van der Waals surface area (Å²) >= 11 is 0. The van der Waals surface area contributed by atoms with Crippen LogP contribution in [0.25, 0.3) is 0 Å². The summed E-state index contributed by atoms with van der Waals surface area (Å²) in [5, 5.41) is 3.03. The Labute approximate surface area is 155 Å². The molecule has 1 aromatic heterocycles. The summed E-state index contributed by atoms with van der Waals surface area (Å²) in [4.78, 5) is 14.7. The lowest BCUT2D eigenvalue weighted by Crippen LogP contribution is -2.35. The van der Waals surface area contributed by atoms with Crippen LogP contribution in [0.1, 0.15) is 35.9 Å². The first-order valence-electron chi connectivity index (χ1n) is 8.93. The highest BCUT2D eigenvalue weighted by Gasteiger charge is 2.19. The second-order valence-electron chi connectivity index (χ2n) is 6.26. The number of aryl methyl sites for hydroxylation is 1. The third-order valence-corrected chi connectivity index (χ3v) is 4.21. The van der Waals surface area contributed by atoms with Crippen LogP contribution in [0.5, 0.6) is 11.5 Å². The molecule has 0 bridgehead atoms. The average Bonchev–Trinajstić information content (AvgIpc) is 3.02. The van der Waals surface area contributed by atoms with Crippen molar-refractivity contribution in [3.63, 3.8) is 0 Å². The van der Waals surface area contributed by atoms with Gasteiger partial charge in [-0.25, -0.2) is 0 Å². The molecule has 1 N–H and O–H groups in total. The van der Waals surface area contributed by atoms with E-state index in [9.17, 15) is 4.79 Å². The lowest BCUT2D eigenvalue weighted by atomic mass is 10.1. The van der Waals surface area contributed by atoms with Crippen LogP contribution < -0.4 is 14.8 Å². The van der Waals surface area contributed by atoms with Gasteiger partial charge in [0.2, 0.25) is 0 Å². The molecule has 1 amide bonds. The number of ether oxygens (including phenoxy) is 2. The molecule has 1 unspecified atom stereocenters. The molecule has 0 aliphatic carbocycles. The van der Waals surface area contributed by atoms with Gasteiger partial charge in [-0.2, -0.15) is 0 Å². The van der Waals surface area contributed by atoms with Crippen LogP contribution in [-0.4, -0.2) is 49.2 Å². The summed E-state index contributed by atoms with van der Waals surface area (Å²) in [5.74, 6) is 1.12. The van der Waals surface area contributed by atoms with Crippen molar-refractivity contribution in [2.45, 2.75) is 19.9 Å². The minimum atomic E-state index is -0.130. The Morgan fingerprint density at radius 3 is 2.42 bits per heavy atom. The van der Waals surface area contributed by atoms with Crippen LogP contribution in [-0.2, 0) is 7.05 Å². The molecule has 6 heteroatoms. The van der Waals surface area contributed by atoms with Gasteiger partial charge < -0.3 is 19.4 Å². The van der Waals surface area contributed by atoms with Crippen LogP contribution in [0.2, 0.25) is 0 Å². The van der Waals surface area contributed by atoms with Crippen LogP contribution in [0.15, 0.2) is 36.5 Å². The fraction of sp³-hybridized carbons (Fsp3) is 0.450. The molecule has 0 fully saturated rings. The van der Waals surface area contributed by atoms with E-state index >= 15 is 0 Å². The first-order chi connectivity index (χ1) is 12.5. The van der Waals surface area contributed by atoms with Gasteiger partial charge in [-0.05, 0) is 58.3 Å². The third-order valence-electron chi connectivity index (χ3n) is 4.21. The Kier molecular flexibility index (Phi) is 7.09. The molecule has 0 radical (unpaired) electrons. The van der Waals surface area contributed by atoms with Gasteiger partial charge in [0, 0.05) is 31.0 Å². The first-order valence-corrected chi connectivity index (χ1v) is 8.93. The maximum absolute atomic E-state index is 12.6. The molecular weight excluding hydrogens is 330 g/mol. The largest absolute Gasteiger partial charge is 0.490 e. The molecule has 2 aromatic rings. The van der Waals surface area contributed by atoms with Crippen molar-refractivity contribution in [3.05, 3.63) is 47.8 Å². The highest BCUT2D eigenvalue weighted by molar-refractivity contribution is 5.94. The average molecular weight is 359 g/mol. The van der Waals surface area contributed by atoms with Crippen LogP contribution in [0.3, 0.4) is 0 Å². The minimum Gasteiger partial charge on any atom is -0.490 e. The Hall–Kier alpha value is -2.47. The molecule has 142 valence electrons. The fourth-order valence-corrected chi connectivity index (χ4v) is 2.86. The Balaban J connectivity index is 2.11. The molecule has 0 spiro atoms. The normalized spacial score (nSPS) is 12.1. The number of hydrogen-bond donors (Lipinski definition) is 1. The number of benzene rings is 1. The number of aromatic nitrogens is 1. The van der Waals surface area contributed by atoms with Crippen LogP contribution >= 0.6 is 0 Å². The number of carbonyl (C=O) groups is 1. The van der Waals surface area contributed by atoms with Crippen molar-refractivity contribution < 1.29 is 14.3 Å². The summed E-state index contributed by atoms with van der Waals surface area (Å²) < 4.78 is 13.2. The van der Waals surface area contributed by atoms with Crippen LogP contribution in [0, 0.1) is 0 Å². The number of rotatable bonds is 9. The van der Waals surface area contributed by atoms with Crippen molar-refractivity contribution in [3.8, 4) is 11.5 Å². The molecule has 1 aromatic carbocycles. The van der Waals surface area contributed by atoms with Crippen molar-refractivity contribution >= 4 is 5.91 Å². The lowest BCUT2D eigenvalue weighted by Gasteiger charge is -2.25. The summed E-state index contributed by atoms with van der Waals surface area (Å²) in [6.45, 7) is 5.40. The maximum atomic E-state index is 12.6. The molecular formula is C20H29N3O3. The molecule has 1 heterocycles. The smallest absolute Gasteiger partial charge is 0.251 e. The van der Waals surface area contributed by atoms with Crippen molar-refractivity contribution in [1.82, 2.24) is 14.8 Å². The van der Waals surface area contributed by atoms with Gasteiger partial charge in [-0.15, -0.1) is 0 Å². The second kappa shape index (κ2) is 9.29. The monoisotopic (exact) mass is 359 g/mol. The lowest BCUT2D eigenvalue weighted by molar-refractivity contribution is 0.0940. The summed E-state index contributed by atoms with van der Waals surface area (Å²) in [5.41, 5.74) is 1.71. The Morgan fingerprint density at radius 2 is 1.85 bits per heavy atom. The number of nitrogens with zero attached hydrogens (tertiary/aromatic N) is 2. The second-order valence-corrected chi connectivity index (χ2v) is 6.26. The Bertz CT molecular complexity index is 725. The van der Waals surface area contributed by atoms with Gasteiger partial charge in [0.05, 0.1) is 19.3 Å². The van der Waals surface area contributed by atoms with Gasteiger partial charge in [0.1, 0.15) is 0 Å². The van der Waals surface area contributed by atoms with E-state index in [4.69, 9.17) is 9.47 Å². The number of amides is 1. The van der Waals surface area contributed by atoms with Crippen molar-refractivity contribution in [1.29, 1.82) is 0 Å². The van der Waals surface area contributed by atoms with Crippen molar-refractivity contribution in [2.75, 3.05) is 33.9 Å². The van der Waals surface area contributed by atoms with Gasteiger partial charge in [0.15, 0.2) is 11.5 Å². The minimum absolute atomic E-state index is 0.0908. The third kappa shape index (κ3) is 4.79. The fourth-order valence-electron chi connectivity index (χ4n) is 2.86. The molecule has 0 saturated carbocycles. The van der Waals surface area contributed by atoms with Crippen LogP contribution in [0.4, 0.5) is 0 Å². The van der Waals surface area contributed by atoms with Gasteiger partial charge in [0.25, 0.3) is 5.91 Å². The standard InChI is InChI=1S/C20H29N3O3/c1-6-25-18-11-10-15(13-19(18)26-7-2)20(24)21-14-17(22(3)4)16-9-8-12-23(16)5/h8-13,17H,6-7,14H2,1-5H3,(H,21,24). The molecule has 6 nitrogen and oxygen atoms in total. The quantitative estimate of drug-likeness (QED) is 0.748. The van der Waals surface area contributed by atoms with E-state index in [1.807, 2.05) is 47.3 Å². The summed E-state index contributed by atoms with van der Waals surface area (Å²) in [6.07, 6.45) is 2.01. The summed E-state index contributed by atoms with van der Waals surface area (Å²) in [7, 11) is 6.02. The molecule has 0 aliphatic heterocycles. The topological polar surface area (TPSA) is 55.7 Å². The van der Waals surface area contributed by atoms with E-state index in [1.54, 1.807) is 18.2 Å². The molecule has 2 rings (SSSR count). The van der Waals surface area contributed by atoms with E-state index in [2.05, 4.69) is 20.9 Å².